The summed E-state index contributed by atoms with van der Waals surface area (Å²) < 4.78 is 27.0. The Morgan fingerprint density at radius 3 is 2.51 bits per heavy atom. The number of nitrogens with zero attached hydrogens (tertiary/aromatic N) is 4. The highest BCUT2D eigenvalue weighted by Crippen LogP contribution is 2.40. The van der Waals surface area contributed by atoms with Crippen molar-refractivity contribution in [1.29, 1.82) is 0 Å². The fourth-order valence-corrected chi connectivity index (χ4v) is 7.05. The summed E-state index contributed by atoms with van der Waals surface area (Å²) in [5.74, 6) is 1.05. The van der Waals surface area contributed by atoms with Crippen LogP contribution in [0.1, 0.15) is 108 Å². The minimum absolute atomic E-state index is 0.00636. The van der Waals surface area contributed by atoms with Crippen LogP contribution in [0.2, 0.25) is 0 Å². The molecule has 0 saturated carbocycles. The van der Waals surface area contributed by atoms with Gasteiger partial charge in [-0.05, 0) is 117 Å². The first kappa shape index (κ1) is 36.5. The van der Waals surface area contributed by atoms with Crippen molar-refractivity contribution in [3.63, 3.8) is 0 Å². The van der Waals surface area contributed by atoms with Gasteiger partial charge in [0.1, 0.15) is 11.6 Å². The van der Waals surface area contributed by atoms with Crippen LogP contribution < -0.4 is 9.64 Å². The van der Waals surface area contributed by atoms with Gasteiger partial charge in [0.05, 0.1) is 35.2 Å². The molecule has 2 atom stereocenters. The van der Waals surface area contributed by atoms with Crippen LogP contribution in [0.4, 0.5) is 5.82 Å². The largest absolute Gasteiger partial charge is 0.490 e. The van der Waals surface area contributed by atoms with Gasteiger partial charge in [-0.15, -0.1) is 0 Å². The molecular formula is C41H52N4O6. The third-order valence-electron chi connectivity index (χ3n) is 9.80. The Morgan fingerprint density at radius 1 is 1.06 bits per heavy atom. The number of piperidine rings is 1. The first-order chi connectivity index (χ1) is 24.2. The van der Waals surface area contributed by atoms with Gasteiger partial charge >= 0.3 is 5.97 Å². The highest BCUT2D eigenvalue weighted by molar-refractivity contribution is 5.96. The molecule has 0 spiro atoms. The van der Waals surface area contributed by atoms with E-state index < -0.39 is 17.7 Å². The van der Waals surface area contributed by atoms with Crippen molar-refractivity contribution in [2.24, 2.45) is 0 Å². The van der Waals surface area contributed by atoms with Crippen molar-refractivity contribution in [3.05, 3.63) is 65.4 Å². The van der Waals surface area contributed by atoms with E-state index in [9.17, 15) is 9.59 Å². The molecule has 0 radical (unpaired) electrons. The number of esters is 1. The molecule has 1 saturated heterocycles. The summed E-state index contributed by atoms with van der Waals surface area (Å²) >= 11 is 0. The van der Waals surface area contributed by atoms with Gasteiger partial charge in [-0.25, -0.2) is 9.78 Å². The second-order valence-electron chi connectivity index (χ2n) is 15.2. The molecule has 0 unspecified atom stereocenters. The van der Waals surface area contributed by atoms with Gasteiger partial charge in [0, 0.05) is 48.1 Å². The predicted molar refractivity (Wildman–Crippen MR) is 199 cm³/mol. The number of ether oxygens (including phenoxy) is 4. The van der Waals surface area contributed by atoms with Crippen LogP contribution in [0, 0.1) is 6.92 Å². The van der Waals surface area contributed by atoms with E-state index in [1.807, 2.05) is 74.7 Å². The maximum Gasteiger partial charge on any atom is 0.340 e. The second kappa shape index (κ2) is 14.8. The van der Waals surface area contributed by atoms with Crippen molar-refractivity contribution in [3.8, 4) is 28.1 Å². The number of aromatic nitrogens is 3. The molecule has 7 rings (SSSR count). The Labute approximate surface area is 301 Å². The second-order valence-corrected chi connectivity index (χ2v) is 15.2. The van der Waals surface area contributed by atoms with Crippen LogP contribution in [0.15, 0.2) is 48.5 Å². The average molecular weight is 697 g/mol. The maximum absolute atomic E-state index is 13.7. The number of carbonyl (C=O) groups excluding carboxylic acids is 2. The van der Waals surface area contributed by atoms with Gasteiger partial charge in [-0.3, -0.25) is 4.79 Å². The third-order valence-corrected chi connectivity index (χ3v) is 9.80. The van der Waals surface area contributed by atoms with E-state index in [1.54, 1.807) is 13.8 Å². The quantitative estimate of drug-likeness (QED) is 0.151. The van der Waals surface area contributed by atoms with Crippen LogP contribution in [0.5, 0.6) is 5.75 Å². The van der Waals surface area contributed by atoms with Gasteiger partial charge in [0.25, 0.3) is 0 Å². The van der Waals surface area contributed by atoms with Crippen molar-refractivity contribution >= 4 is 23.2 Å². The van der Waals surface area contributed by atoms with Gasteiger partial charge in [-0.1, -0.05) is 18.2 Å². The average Bonchev–Trinajstić information content (AvgIpc) is 3.50. The molecule has 10 heteroatoms. The zero-order valence-electron chi connectivity index (χ0n) is 31.4. The number of rotatable bonds is 5. The number of aryl methyl sites for hydroxylation is 1. The number of fused-ring (bicyclic) bond motifs is 8. The summed E-state index contributed by atoms with van der Waals surface area (Å²) in [6, 6.07) is 15.8. The first-order valence-corrected chi connectivity index (χ1v) is 18.3. The fraction of sp³-hybridized carbons (Fsp3) is 0.512. The molecule has 3 aliphatic heterocycles. The third kappa shape index (κ3) is 8.12. The molecule has 272 valence electrons. The SMILES string of the molecule is CCOC(=O)[C@@H](OC(C)(C)C)c1c(C)nc2cc3nn2c1N1CCC(C)(CC1)OCCCC[C@H](C)Oc1ccc(C(C)=O)cc1-c1cccc-3c1. The summed E-state index contributed by atoms with van der Waals surface area (Å²) in [6.07, 6.45) is 3.40. The minimum Gasteiger partial charge on any atom is -0.490 e. The number of anilines is 1. The lowest BCUT2D eigenvalue weighted by atomic mass is 9.92. The number of ketones is 1. The summed E-state index contributed by atoms with van der Waals surface area (Å²) in [6.45, 7) is 17.7. The van der Waals surface area contributed by atoms with Crippen LogP contribution in [-0.2, 0) is 19.0 Å². The standard InChI is InChI=1S/C41H52N4O6/c1-9-48-39(47)37(51-40(5,6)7)36-27(3)42-35-25-33-31-15-12-14-30(23-31)32-24-29(28(4)46)16-17-34(32)50-26(2)13-10-11-22-49-41(8)18-20-44(21-19-41)38(36)45(35)43-33/h12,14-17,23-26,37H,9-11,13,18-22H2,1-8H3/t26-,37-/m0/s1. The molecule has 5 heterocycles. The Balaban J connectivity index is 1.55. The Hall–Kier alpha value is -4.28. The summed E-state index contributed by atoms with van der Waals surface area (Å²) in [7, 11) is 0. The van der Waals surface area contributed by atoms with Crippen LogP contribution in [-0.4, -0.2) is 70.0 Å². The van der Waals surface area contributed by atoms with Crippen molar-refractivity contribution in [2.45, 2.75) is 111 Å². The number of Topliss-reactive ketones (excluding diaryl/α,β-unsaturated/α-hetero) is 1. The lowest BCUT2D eigenvalue weighted by Gasteiger charge is -2.41. The molecule has 51 heavy (non-hydrogen) atoms. The van der Waals surface area contributed by atoms with E-state index in [-0.39, 0.29) is 24.1 Å². The van der Waals surface area contributed by atoms with Gasteiger partial charge in [-0.2, -0.15) is 9.61 Å². The van der Waals surface area contributed by atoms with Gasteiger partial charge < -0.3 is 23.8 Å². The van der Waals surface area contributed by atoms with E-state index in [0.29, 0.717) is 42.2 Å². The molecule has 2 aromatic carbocycles. The lowest BCUT2D eigenvalue weighted by Crippen LogP contribution is -2.46. The highest BCUT2D eigenvalue weighted by Gasteiger charge is 2.38. The van der Waals surface area contributed by atoms with Crippen molar-refractivity contribution in [1.82, 2.24) is 14.6 Å². The van der Waals surface area contributed by atoms with E-state index in [4.69, 9.17) is 29.0 Å². The molecule has 0 aliphatic carbocycles. The van der Waals surface area contributed by atoms with E-state index in [1.165, 1.54) is 0 Å². The van der Waals surface area contributed by atoms with Crippen LogP contribution >= 0.6 is 0 Å². The fourth-order valence-electron chi connectivity index (χ4n) is 7.05. The first-order valence-electron chi connectivity index (χ1n) is 18.3. The van der Waals surface area contributed by atoms with Gasteiger partial charge in [0.15, 0.2) is 17.5 Å². The Morgan fingerprint density at radius 2 is 1.80 bits per heavy atom. The highest BCUT2D eigenvalue weighted by atomic mass is 16.6. The predicted octanol–water partition coefficient (Wildman–Crippen LogP) is 8.32. The molecule has 0 amide bonds. The topological polar surface area (TPSA) is 104 Å². The number of hydrogen-bond acceptors (Lipinski definition) is 9. The molecule has 2 aromatic heterocycles. The Bertz CT molecular complexity index is 1900. The molecular weight excluding hydrogens is 644 g/mol. The minimum atomic E-state index is -1.00. The van der Waals surface area contributed by atoms with Crippen molar-refractivity contribution in [2.75, 3.05) is 31.2 Å². The number of carbonyl (C=O) groups is 2. The molecule has 10 nitrogen and oxygen atoms in total. The van der Waals surface area contributed by atoms with Crippen LogP contribution in [0.3, 0.4) is 0 Å². The molecule has 1 fully saturated rings. The smallest absolute Gasteiger partial charge is 0.340 e. The van der Waals surface area contributed by atoms with E-state index in [2.05, 4.69) is 24.8 Å². The summed E-state index contributed by atoms with van der Waals surface area (Å²) in [5.41, 5.74) is 5.09. The van der Waals surface area contributed by atoms with E-state index in [0.717, 1.165) is 66.1 Å². The normalized spacial score (nSPS) is 20.5. The maximum atomic E-state index is 13.7. The monoisotopic (exact) mass is 696 g/mol. The molecule has 4 aromatic rings. The zero-order valence-corrected chi connectivity index (χ0v) is 31.4. The summed E-state index contributed by atoms with van der Waals surface area (Å²) in [4.78, 5) is 33.4. The number of benzene rings is 2. The lowest BCUT2D eigenvalue weighted by molar-refractivity contribution is -0.166. The molecule has 6 bridgehead atoms. The van der Waals surface area contributed by atoms with E-state index >= 15 is 0 Å². The number of hydrogen-bond donors (Lipinski definition) is 0. The molecule has 0 N–H and O–H groups in total. The summed E-state index contributed by atoms with van der Waals surface area (Å²) in [5, 5.41) is 5.18. The van der Waals surface area contributed by atoms with Gasteiger partial charge in [0.2, 0.25) is 0 Å². The zero-order chi connectivity index (χ0) is 36.5. The molecule has 3 aliphatic rings. The van der Waals surface area contributed by atoms with Crippen molar-refractivity contribution < 1.29 is 28.5 Å². The van der Waals surface area contributed by atoms with Crippen LogP contribution in [0.25, 0.3) is 28.0 Å². The Kier molecular flexibility index (Phi) is 10.6.